The van der Waals surface area contributed by atoms with E-state index in [1.165, 1.54) is 5.56 Å². The van der Waals surface area contributed by atoms with Gasteiger partial charge in [-0.05, 0) is 48.2 Å². The van der Waals surface area contributed by atoms with Crippen LogP contribution in [0.3, 0.4) is 0 Å². The molecule has 1 N–H and O–H groups in total. The van der Waals surface area contributed by atoms with E-state index in [1.54, 1.807) is 13.3 Å². The Kier molecular flexibility index (Phi) is 6.00. The fraction of sp³-hybridized carbons (Fsp3) is 0.280. The minimum Gasteiger partial charge on any atom is -0.377 e. The van der Waals surface area contributed by atoms with Crippen LogP contribution in [0.1, 0.15) is 29.3 Å². The largest absolute Gasteiger partial charge is 0.377 e. The third kappa shape index (κ3) is 4.59. The van der Waals surface area contributed by atoms with Crippen LogP contribution in [0.25, 0.3) is 22.5 Å². The lowest BCUT2D eigenvalue weighted by atomic mass is 9.97. The highest BCUT2D eigenvalue weighted by atomic mass is 16.5. The number of aromatic amines is 1. The first-order valence-electron chi connectivity index (χ1n) is 10.9. The number of hydrogen-bond donors (Lipinski definition) is 1. The molecule has 1 saturated heterocycles. The predicted octanol–water partition coefficient (Wildman–Crippen LogP) is 4.06. The maximum absolute atomic E-state index is 5.08. The number of likely N-dealkylation sites (tertiary alicyclic amines) is 1. The average molecular weight is 427 g/mol. The zero-order valence-electron chi connectivity index (χ0n) is 18.1. The number of hydrogen-bond acceptors (Lipinski definition) is 6. The van der Waals surface area contributed by atoms with Crippen molar-refractivity contribution in [3.63, 3.8) is 0 Å². The summed E-state index contributed by atoms with van der Waals surface area (Å²) >= 11 is 0. The molecular formula is C25H26N6O. The molecule has 0 spiro atoms. The number of benzene rings is 1. The number of nitrogens with one attached hydrogen (secondary N) is 1. The van der Waals surface area contributed by atoms with Gasteiger partial charge in [-0.25, -0.2) is 9.97 Å². The quantitative estimate of drug-likeness (QED) is 0.480. The summed E-state index contributed by atoms with van der Waals surface area (Å²) in [5.41, 5.74) is 6.76. The topological polar surface area (TPSA) is 79.8 Å². The molecule has 162 valence electrons. The molecule has 0 unspecified atom stereocenters. The Bertz CT molecular complexity index is 1140. The number of aromatic nitrogens is 5. The molecular weight excluding hydrogens is 400 g/mol. The molecule has 1 atom stereocenters. The number of pyridine rings is 1. The summed E-state index contributed by atoms with van der Waals surface area (Å²) in [6.45, 7) is 3.42. The molecule has 1 aromatic carbocycles. The third-order valence-corrected chi connectivity index (χ3v) is 5.96. The van der Waals surface area contributed by atoms with Gasteiger partial charge in [0.05, 0.1) is 11.4 Å². The van der Waals surface area contributed by atoms with Crippen LogP contribution in [0.4, 0.5) is 0 Å². The van der Waals surface area contributed by atoms with Gasteiger partial charge in [0.1, 0.15) is 6.61 Å². The molecule has 0 amide bonds. The van der Waals surface area contributed by atoms with Crippen molar-refractivity contribution in [1.82, 2.24) is 30.0 Å². The molecule has 0 radical (unpaired) electrons. The molecule has 0 saturated carbocycles. The normalized spacial score (nSPS) is 16.5. The van der Waals surface area contributed by atoms with E-state index in [1.807, 2.05) is 24.7 Å². The number of nitrogens with zero attached hydrogens (tertiary/aromatic N) is 5. The predicted molar refractivity (Wildman–Crippen MR) is 123 cm³/mol. The summed E-state index contributed by atoms with van der Waals surface area (Å²) in [7, 11) is 1.66. The zero-order valence-corrected chi connectivity index (χ0v) is 18.1. The minimum atomic E-state index is 0.447. The van der Waals surface area contributed by atoms with Crippen LogP contribution >= 0.6 is 0 Å². The van der Waals surface area contributed by atoms with E-state index >= 15 is 0 Å². The van der Waals surface area contributed by atoms with Crippen LogP contribution in [0.2, 0.25) is 0 Å². The van der Waals surface area contributed by atoms with Gasteiger partial charge in [-0.1, -0.05) is 24.3 Å². The molecule has 0 aliphatic carbocycles. The van der Waals surface area contributed by atoms with Crippen molar-refractivity contribution in [1.29, 1.82) is 0 Å². The third-order valence-electron chi connectivity index (χ3n) is 5.96. The lowest BCUT2D eigenvalue weighted by Crippen LogP contribution is -2.20. The van der Waals surface area contributed by atoms with Crippen molar-refractivity contribution in [3.05, 3.63) is 84.2 Å². The molecule has 4 aromatic rings. The van der Waals surface area contributed by atoms with Gasteiger partial charge >= 0.3 is 0 Å². The van der Waals surface area contributed by atoms with Gasteiger partial charge in [0.25, 0.3) is 0 Å². The van der Waals surface area contributed by atoms with Gasteiger partial charge in [-0.2, -0.15) is 5.10 Å². The molecule has 3 aromatic heterocycles. The highest BCUT2D eigenvalue weighted by Crippen LogP contribution is 2.30. The van der Waals surface area contributed by atoms with E-state index in [9.17, 15) is 0 Å². The molecule has 0 bridgehead atoms. The molecule has 5 rings (SSSR count). The van der Waals surface area contributed by atoms with Crippen molar-refractivity contribution < 1.29 is 4.74 Å². The smallest absolute Gasteiger partial charge is 0.153 e. The summed E-state index contributed by atoms with van der Waals surface area (Å²) in [4.78, 5) is 15.9. The SMILES string of the molecule is COCc1ncc(CN2CC[C@@H](c3ccnc(-c4ccc(-c5ccn[nH]5)cc4)c3)C2)cn1. The van der Waals surface area contributed by atoms with Crippen molar-refractivity contribution >= 4 is 0 Å². The zero-order chi connectivity index (χ0) is 21.8. The Morgan fingerprint density at radius 1 is 1.00 bits per heavy atom. The maximum Gasteiger partial charge on any atom is 0.153 e. The van der Waals surface area contributed by atoms with Gasteiger partial charge in [0.15, 0.2) is 5.82 Å². The van der Waals surface area contributed by atoms with Crippen LogP contribution in [-0.2, 0) is 17.9 Å². The second-order valence-electron chi connectivity index (χ2n) is 8.18. The molecule has 1 aliphatic rings. The Labute approximate surface area is 187 Å². The van der Waals surface area contributed by atoms with E-state index in [0.29, 0.717) is 12.5 Å². The fourth-order valence-electron chi connectivity index (χ4n) is 4.27. The molecule has 7 nitrogen and oxygen atoms in total. The van der Waals surface area contributed by atoms with Crippen LogP contribution in [0.5, 0.6) is 0 Å². The number of ether oxygens (including phenoxy) is 1. The number of methoxy groups -OCH3 is 1. The standard InChI is InChI=1S/C25H26N6O/c1-32-17-25-27-13-18(14-28-25)15-31-11-8-22(16-31)21-6-9-26-24(12-21)20-4-2-19(3-5-20)23-7-10-29-30-23/h2-7,9-10,12-14,22H,8,11,15-17H2,1H3,(H,29,30)/t22-/m1/s1. The summed E-state index contributed by atoms with van der Waals surface area (Å²) in [5.74, 6) is 1.23. The second-order valence-corrected chi connectivity index (χ2v) is 8.18. The van der Waals surface area contributed by atoms with Crippen LogP contribution in [0.15, 0.2) is 67.3 Å². The number of rotatable bonds is 7. The summed E-state index contributed by atoms with van der Waals surface area (Å²) < 4.78 is 5.08. The second kappa shape index (κ2) is 9.38. The van der Waals surface area contributed by atoms with Gasteiger partial charge in [-0.15, -0.1) is 0 Å². The minimum absolute atomic E-state index is 0.447. The average Bonchev–Trinajstić information content (AvgIpc) is 3.54. The lowest BCUT2D eigenvalue weighted by molar-refractivity contribution is 0.177. The van der Waals surface area contributed by atoms with Crippen molar-refractivity contribution in [2.24, 2.45) is 0 Å². The highest BCUT2D eigenvalue weighted by molar-refractivity contribution is 5.66. The van der Waals surface area contributed by atoms with Crippen molar-refractivity contribution in [2.45, 2.75) is 25.5 Å². The van der Waals surface area contributed by atoms with Gasteiger partial charge in [-0.3, -0.25) is 15.0 Å². The van der Waals surface area contributed by atoms with Crippen molar-refractivity contribution in [3.8, 4) is 22.5 Å². The fourth-order valence-corrected chi connectivity index (χ4v) is 4.27. The first kappa shape index (κ1) is 20.5. The molecule has 32 heavy (non-hydrogen) atoms. The van der Waals surface area contributed by atoms with Crippen LogP contribution < -0.4 is 0 Å². The van der Waals surface area contributed by atoms with E-state index in [-0.39, 0.29) is 0 Å². The molecule has 7 heteroatoms. The lowest BCUT2D eigenvalue weighted by Gasteiger charge is -2.16. The van der Waals surface area contributed by atoms with Crippen LogP contribution in [-0.4, -0.2) is 50.2 Å². The molecule has 1 fully saturated rings. The van der Waals surface area contributed by atoms with E-state index in [0.717, 1.165) is 60.0 Å². The van der Waals surface area contributed by atoms with Gasteiger partial charge < -0.3 is 4.74 Å². The van der Waals surface area contributed by atoms with Crippen molar-refractivity contribution in [2.75, 3.05) is 20.2 Å². The maximum atomic E-state index is 5.08. The van der Waals surface area contributed by atoms with E-state index in [2.05, 4.69) is 66.4 Å². The highest BCUT2D eigenvalue weighted by Gasteiger charge is 2.24. The first-order valence-corrected chi connectivity index (χ1v) is 10.9. The Balaban J connectivity index is 1.24. The Hall–Kier alpha value is -3.42. The van der Waals surface area contributed by atoms with Gasteiger partial charge in [0, 0.05) is 56.1 Å². The van der Waals surface area contributed by atoms with E-state index < -0.39 is 0 Å². The number of H-pyrrole nitrogens is 1. The van der Waals surface area contributed by atoms with E-state index in [4.69, 9.17) is 4.74 Å². The Morgan fingerprint density at radius 2 is 1.81 bits per heavy atom. The first-order chi connectivity index (χ1) is 15.8. The molecule has 4 heterocycles. The summed E-state index contributed by atoms with van der Waals surface area (Å²) in [6, 6.07) is 14.8. The van der Waals surface area contributed by atoms with Crippen LogP contribution in [0, 0.1) is 0 Å². The summed E-state index contributed by atoms with van der Waals surface area (Å²) in [5, 5.41) is 7.03. The molecule has 1 aliphatic heterocycles. The monoisotopic (exact) mass is 426 g/mol. The van der Waals surface area contributed by atoms with Gasteiger partial charge in [0.2, 0.25) is 0 Å². The Morgan fingerprint density at radius 3 is 2.56 bits per heavy atom. The summed E-state index contributed by atoms with van der Waals surface area (Å²) in [6.07, 6.45) is 8.66.